The fourth-order valence-electron chi connectivity index (χ4n) is 7.57. The Balaban J connectivity index is 1.11. The van der Waals surface area contributed by atoms with Crippen molar-refractivity contribution in [1.82, 2.24) is 24.8 Å². The molecule has 3 aliphatic rings. The molecule has 7 rings (SSSR count). The number of aryl methyl sites for hydroxylation is 1. The summed E-state index contributed by atoms with van der Waals surface area (Å²) in [7, 11) is 4.44. The maximum atomic E-state index is 6.01. The Morgan fingerprint density at radius 3 is 2.37 bits per heavy atom. The first-order chi connectivity index (χ1) is 23.8. The maximum absolute atomic E-state index is 6.01. The minimum absolute atomic E-state index is 0.396. The zero-order valence-electron chi connectivity index (χ0n) is 30.2. The van der Waals surface area contributed by atoms with Crippen LogP contribution < -0.4 is 31.0 Å². The van der Waals surface area contributed by atoms with E-state index < -0.39 is 7.92 Å². The number of likely N-dealkylation sites (N-methyl/N-ethyl adjacent to an activating group) is 1. The molecular formula is C38H52BN8OP. The summed E-state index contributed by atoms with van der Waals surface area (Å²) >= 11 is 0. The van der Waals surface area contributed by atoms with Gasteiger partial charge < -0.3 is 25.2 Å². The lowest BCUT2D eigenvalue weighted by Crippen LogP contribution is -2.52. The molecule has 258 valence electrons. The van der Waals surface area contributed by atoms with Crippen LogP contribution >= 0.6 is 7.92 Å². The van der Waals surface area contributed by atoms with E-state index >= 15 is 0 Å². The molecule has 3 fully saturated rings. The lowest BCUT2D eigenvalue weighted by atomic mass is 9.74. The Morgan fingerprint density at radius 1 is 0.918 bits per heavy atom. The first-order valence-corrected chi connectivity index (χ1v) is 20.5. The average Bonchev–Trinajstić information content (AvgIpc) is 3.98. The smallest absolute Gasteiger partial charge is 0.229 e. The summed E-state index contributed by atoms with van der Waals surface area (Å²) in [4.78, 5) is 22.5. The second-order valence-electron chi connectivity index (χ2n) is 14.2. The van der Waals surface area contributed by atoms with Crippen LogP contribution in [0.2, 0.25) is 6.82 Å². The fourth-order valence-corrected chi connectivity index (χ4v) is 8.85. The van der Waals surface area contributed by atoms with Crippen LogP contribution in [0.4, 0.5) is 28.8 Å². The number of piperidine rings is 1. The minimum atomic E-state index is -0.396. The summed E-state index contributed by atoms with van der Waals surface area (Å²) in [6.45, 7) is 15.8. The van der Waals surface area contributed by atoms with Gasteiger partial charge in [0.1, 0.15) is 11.6 Å². The molecule has 2 aromatic carbocycles. The molecule has 2 saturated heterocycles. The molecule has 4 aromatic rings. The molecule has 0 spiro atoms. The van der Waals surface area contributed by atoms with Crippen LogP contribution in [0, 0.1) is 0 Å². The van der Waals surface area contributed by atoms with Crippen molar-refractivity contribution in [3.8, 4) is 5.75 Å². The molecule has 1 aliphatic carbocycles. The van der Waals surface area contributed by atoms with Crippen molar-refractivity contribution >= 4 is 65.7 Å². The first-order valence-electron chi connectivity index (χ1n) is 18.2. The van der Waals surface area contributed by atoms with Gasteiger partial charge in [-0.15, -0.1) is 0 Å². The predicted molar refractivity (Wildman–Crippen MR) is 210 cm³/mol. The molecule has 0 radical (unpaired) electrons. The van der Waals surface area contributed by atoms with Crippen molar-refractivity contribution in [1.29, 1.82) is 0 Å². The lowest BCUT2D eigenvalue weighted by molar-refractivity contribution is 0.0981. The lowest BCUT2D eigenvalue weighted by Gasteiger charge is -2.42. The Hall–Kier alpha value is -3.46. The van der Waals surface area contributed by atoms with Crippen LogP contribution in [0.3, 0.4) is 0 Å². The van der Waals surface area contributed by atoms with Crippen LogP contribution in [0.1, 0.15) is 49.8 Å². The number of anilines is 5. The second-order valence-corrected chi connectivity index (χ2v) is 16.4. The summed E-state index contributed by atoms with van der Waals surface area (Å²) in [5.41, 5.74) is 7.90. The molecule has 1 saturated carbocycles. The molecule has 4 heterocycles. The van der Waals surface area contributed by atoms with E-state index in [2.05, 4.69) is 95.9 Å². The Bertz CT molecular complexity index is 1780. The number of nitrogens with one attached hydrogen (secondary N) is 2. The number of rotatable bonds is 11. The van der Waals surface area contributed by atoms with Crippen LogP contribution in [-0.2, 0) is 6.42 Å². The van der Waals surface area contributed by atoms with Crippen LogP contribution in [0.5, 0.6) is 5.75 Å². The number of piperazine rings is 1. The van der Waals surface area contributed by atoms with Gasteiger partial charge in [-0.2, -0.15) is 4.98 Å². The van der Waals surface area contributed by atoms with Gasteiger partial charge in [0.05, 0.1) is 18.3 Å². The van der Waals surface area contributed by atoms with Crippen molar-refractivity contribution in [2.24, 2.45) is 0 Å². The number of ether oxygens (including phenoxy) is 1. The zero-order valence-corrected chi connectivity index (χ0v) is 31.1. The summed E-state index contributed by atoms with van der Waals surface area (Å²) in [6, 6.07) is 14.0. The summed E-state index contributed by atoms with van der Waals surface area (Å²) in [6.07, 6.45) is 7.74. The summed E-state index contributed by atoms with van der Waals surface area (Å²) in [5.74, 6) is 2.94. The van der Waals surface area contributed by atoms with Gasteiger partial charge >= 0.3 is 0 Å². The van der Waals surface area contributed by atoms with Crippen molar-refractivity contribution in [3.63, 3.8) is 0 Å². The number of hydrogen-bond donors (Lipinski definition) is 2. The molecule has 0 amide bonds. The number of methoxy groups -OCH3 is 1. The highest BCUT2D eigenvalue weighted by Crippen LogP contribution is 2.41. The van der Waals surface area contributed by atoms with Crippen molar-refractivity contribution < 1.29 is 4.74 Å². The SMILES string of the molecule is CBc1cnc(Nc2cc(OC)c(N3CCC(N4CCN(C)CC4)CC3)cc2CC)nc1Nc1ccc2nc(C3CC3)ccc2c1P(C)C. The molecular weight excluding hydrogens is 626 g/mol. The number of benzene rings is 2. The quantitative estimate of drug-likeness (QED) is 0.155. The van der Waals surface area contributed by atoms with Gasteiger partial charge in [-0.3, -0.25) is 9.88 Å². The normalized spacial score (nSPS) is 17.9. The highest BCUT2D eigenvalue weighted by Gasteiger charge is 2.29. The Morgan fingerprint density at radius 2 is 1.69 bits per heavy atom. The third kappa shape index (κ3) is 7.38. The molecule has 0 unspecified atom stereocenters. The summed E-state index contributed by atoms with van der Waals surface area (Å²) in [5, 5.41) is 9.87. The van der Waals surface area contributed by atoms with Crippen LogP contribution in [0.25, 0.3) is 10.9 Å². The maximum Gasteiger partial charge on any atom is 0.229 e. The van der Waals surface area contributed by atoms with E-state index in [9.17, 15) is 0 Å². The van der Waals surface area contributed by atoms with E-state index in [4.69, 9.17) is 19.7 Å². The zero-order chi connectivity index (χ0) is 34.1. The van der Waals surface area contributed by atoms with Crippen LogP contribution in [0.15, 0.2) is 42.6 Å². The number of fused-ring (bicyclic) bond motifs is 1. The van der Waals surface area contributed by atoms with Gasteiger partial charge in [-0.25, -0.2) is 4.98 Å². The Kier molecular flexibility index (Phi) is 10.3. The van der Waals surface area contributed by atoms with Gasteiger partial charge in [0, 0.05) is 91.3 Å². The van der Waals surface area contributed by atoms with E-state index in [-0.39, 0.29) is 0 Å². The molecule has 11 heteroatoms. The molecule has 2 aliphatic heterocycles. The average molecular weight is 679 g/mol. The standard InChI is InChI=1S/C38H52BN8OP/c1-7-25-22-34(47-16-14-27(15-17-47)46-20-18-45(3)19-21-46)35(48-4)23-33(25)43-38-40-24-29(39-2)37(44-38)42-32-13-12-31-28(36(32)49(5)6)10-11-30(41-31)26-8-9-26/h10-13,22-24,26-27,39H,7-9,14-21H2,1-6H3,(H2,40,42,43,44). The van der Waals surface area contributed by atoms with Gasteiger partial charge in [0.2, 0.25) is 5.95 Å². The van der Waals surface area contributed by atoms with Crippen molar-refractivity contribution in [2.75, 3.05) is 82.3 Å². The molecule has 2 N–H and O–H groups in total. The second kappa shape index (κ2) is 14.8. The topological polar surface area (TPSA) is 81.7 Å². The van der Waals surface area contributed by atoms with E-state index in [1.807, 2.05) is 6.20 Å². The van der Waals surface area contributed by atoms with Crippen LogP contribution in [-0.4, -0.2) is 105 Å². The molecule has 49 heavy (non-hydrogen) atoms. The molecule has 0 atom stereocenters. The summed E-state index contributed by atoms with van der Waals surface area (Å²) < 4.78 is 6.01. The number of nitrogens with zero attached hydrogens (tertiary/aromatic N) is 6. The minimum Gasteiger partial charge on any atom is -0.495 e. The Labute approximate surface area is 294 Å². The fraction of sp³-hybridized carbons (Fsp3) is 0.500. The monoisotopic (exact) mass is 678 g/mol. The van der Waals surface area contributed by atoms with Crippen molar-refractivity contribution in [2.45, 2.75) is 57.8 Å². The molecule has 0 bridgehead atoms. The van der Waals surface area contributed by atoms with E-state index in [0.29, 0.717) is 17.9 Å². The van der Waals surface area contributed by atoms with E-state index in [1.54, 1.807) is 7.11 Å². The van der Waals surface area contributed by atoms with Gasteiger partial charge in [-0.1, -0.05) is 27.7 Å². The third-order valence-electron chi connectivity index (χ3n) is 10.7. The highest BCUT2D eigenvalue weighted by atomic mass is 31.1. The number of aromatic nitrogens is 3. The number of hydrogen-bond acceptors (Lipinski definition) is 9. The third-order valence-corrected chi connectivity index (χ3v) is 12.1. The van der Waals surface area contributed by atoms with Gasteiger partial charge in [0.15, 0.2) is 7.28 Å². The predicted octanol–water partition coefficient (Wildman–Crippen LogP) is 5.65. The molecule has 2 aromatic heterocycles. The van der Waals surface area contributed by atoms with Gasteiger partial charge in [-0.05, 0) is 87.8 Å². The van der Waals surface area contributed by atoms with E-state index in [0.717, 1.165) is 60.7 Å². The van der Waals surface area contributed by atoms with Gasteiger partial charge in [0.25, 0.3) is 0 Å². The van der Waals surface area contributed by atoms with E-state index in [1.165, 1.54) is 79.5 Å². The van der Waals surface area contributed by atoms with Crippen molar-refractivity contribution in [3.05, 3.63) is 53.9 Å². The highest BCUT2D eigenvalue weighted by molar-refractivity contribution is 7.65. The number of pyridine rings is 1. The molecule has 9 nitrogen and oxygen atoms in total. The largest absolute Gasteiger partial charge is 0.495 e. The first kappa shape index (κ1) is 34.0.